The minimum atomic E-state index is 0.429. The lowest BCUT2D eigenvalue weighted by Crippen LogP contribution is -2.48. The summed E-state index contributed by atoms with van der Waals surface area (Å²) in [6.45, 7) is 1.15. The smallest absolute Gasteiger partial charge is 0.0734 e. The summed E-state index contributed by atoms with van der Waals surface area (Å²) in [5.74, 6) is 0. The molecule has 2 atom stereocenters. The van der Waals surface area contributed by atoms with Crippen molar-refractivity contribution in [2.75, 3.05) is 6.54 Å². The van der Waals surface area contributed by atoms with Gasteiger partial charge in [0.15, 0.2) is 0 Å². The number of fused-ring (bicyclic) bond motifs is 3. The van der Waals surface area contributed by atoms with Crippen LogP contribution in [0.3, 0.4) is 0 Å². The van der Waals surface area contributed by atoms with Crippen LogP contribution in [0, 0.1) is 0 Å². The fourth-order valence-corrected chi connectivity index (χ4v) is 4.30. The number of piperidine rings is 1. The van der Waals surface area contributed by atoms with Gasteiger partial charge in [-0.3, -0.25) is 9.88 Å². The summed E-state index contributed by atoms with van der Waals surface area (Å²) in [7, 11) is 0. The summed E-state index contributed by atoms with van der Waals surface area (Å²) in [6.07, 6.45) is 8.04. The summed E-state index contributed by atoms with van der Waals surface area (Å²) in [4.78, 5) is 7.29. The Hall–Kier alpha value is -1.45. The van der Waals surface area contributed by atoms with Crippen molar-refractivity contribution < 1.29 is 0 Å². The van der Waals surface area contributed by atoms with Crippen molar-refractivity contribution in [1.29, 1.82) is 0 Å². The molecule has 2 fully saturated rings. The average molecular weight is 281 g/mol. The molecule has 2 aliphatic heterocycles. The first-order chi connectivity index (χ1) is 10.3. The van der Waals surface area contributed by atoms with Crippen LogP contribution in [0.2, 0.25) is 0 Å². The van der Waals surface area contributed by atoms with E-state index in [0.29, 0.717) is 6.04 Å². The third kappa shape index (κ3) is 2.45. The van der Waals surface area contributed by atoms with Gasteiger partial charge in [-0.25, -0.2) is 0 Å². The summed E-state index contributed by atoms with van der Waals surface area (Å²) in [5.41, 5.74) is 8.71. The maximum absolute atomic E-state index is 6.16. The molecule has 0 spiro atoms. The Balaban J connectivity index is 1.52. The SMILES string of the molecule is NC1CC2CCC(C1)N2CCc1cccc2cccnc12. The maximum Gasteiger partial charge on any atom is 0.0734 e. The number of para-hydroxylation sites is 1. The predicted molar refractivity (Wildman–Crippen MR) is 86.2 cm³/mol. The van der Waals surface area contributed by atoms with Crippen LogP contribution < -0.4 is 5.73 Å². The summed E-state index contributed by atoms with van der Waals surface area (Å²) in [6, 6.07) is 12.6. The highest BCUT2D eigenvalue weighted by Gasteiger charge is 2.38. The van der Waals surface area contributed by atoms with Gasteiger partial charge in [-0.15, -0.1) is 0 Å². The van der Waals surface area contributed by atoms with Crippen LogP contribution in [-0.4, -0.2) is 34.6 Å². The van der Waals surface area contributed by atoms with Crippen molar-refractivity contribution in [3.8, 4) is 0 Å². The van der Waals surface area contributed by atoms with E-state index in [9.17, 15) is 0 Å². The van der Waals surface area contributed by atoms with Crippen molar-refractivity contribution in [2.24, 2.45) is 5.73 Å². The molecule has 2 saturated heterocycles. The second kappa shape index (κ2) is 5.39. The molecule has 21 heavy (non-hydrogen) atoms. The quantitative estimate of drug-likeness (QED) is 0.940. The van der Waals surface area contributed by atoms with E-state index in [0.717, 1.165) is 25.0 Å². The van der Waals surface area contributed by atoms with E-state index in [1.165, 1.54) is 42.1 Å². The largest absolute Gasteiger partial charge is 0.328 e. The third-order valence-electron chi connectivity index (χ3n) is 5.28. The molecule has 3 heteroatoms. The zero-order chi connectivity index (χ0) is 14.2. The van der Waals surface area contributed by atoms with Crippen LogP contribution in [0.4, 0.5) is 0 Å². The van der Waals surface area contributed by atoms with E-state index in [4.69, 9.17) is 5.73 Å². The fourth-order valence-electron chi connectivity index (χ4n) is 4.30. The first kappa shape index (κ1) is 13.2. The molecule has 110 valence electrons. The molecule has 2 unspecified atom stereocenters. The molecule has 4 rings (SSSR count). The highest BCUT2D eigenvalue weighted by atomic mass is 15.2. The van der Waals surface area contributed by atoms with Gasteiger partial charge in [0.2, 0.25) is 0 Å². The van der Waals surface area contributed by atoms with E-state index >= 15 is 0 Å². The molecule has 0 amide bonds. The molecule has 1 aromatic heterocycles. The molecule has 2 aliphatic rings. The summed E-state index contributed by atoms with van der Waals surface area (Å²) < 4.78 is 0. The number of hydrogen-bond acceptors (Lipinski definition) is 3. The molecule has 2 bridgehead atoms. The third-order valence-corrected chi connectivity index (χ3v) is 5.28. The van der Waals surface area contributed by atoms with Crippen LogP contribution in [0.15, 0.2) is 36.5 Å². The Kier molecular flexibility index (Phi) is 3.40. The summed E-state index contributed by atoms with van der Waals surface area (Å²) in [5, 5.41) is 1.25. The minimum absolute atomic E-state index is 0.429. The van der Waals surface area contributed by atoms with Crippen molar-refractivity contribution in [3.63, 3.8) is 0 Å². The van der Waals surface area contributed by atoms with E-state index in [1.54, 1.807) is 0 Å². The Morgan fingerprint density at radius 2 is 1.86 bits per heavy atom. The molecule has 0 radical (unpaired) electrons. The Morgan fingerprint density at radius 3 is 2.67 bits per heavy atom. The lowest BCUT2D eigenvalue weighted by atomic mass is 9.97. The van der Waals surface area contributed by atoms with Crippen LogP contribution in [0.25, 0.3) is 10.9 Å². The molecule has 1 aromatic carbocycles. The number of nitrogens with zero attached hydrogens (tertiary/aromatic N) is 2. The van der Waals surface area contributed by atoms with Crippen molar-refractivity contribution in [2.45, 2.75) is 50.2 Å². The first-order valence-corrected chi connectivity index (χ1v) is 8.15. The van der Waals surface area contributed by atoms with Gasteiger partial charge >= 0.3 is 0 Å². The normalized spacial score (nSPS) is 29.1. The molecule has 3 nitrogen and oxygen atoms in total. The van der Waals surface area contributed by atoms with Crippen molar-refractivity contribution in [1.82, 2.24) is 9.88 Å². The number of pyridine rings is 1. The van der Waals surface area contributed by atoms with Crippen LogP contribution in [-0.2, 0) is 6.42 Å². The second-order valence-corrected chi connectivity index (χ2v) is 6.60. The molecule has 2 aromatic rings. The molecule has 2 N–H and O–H groups in total. The monoisotopic (exact) mass is 281 g/mol. The molecule has 0 saturated carbocycles. The van der Waals surface area contributed by atoms with Gasteiger partial charge < -0.3 is 5.73 Å². The molecular formula is C18H23N3. The van der Waals surface area contributed by atoms with Crippen LogP contribution in [0.5, 0.6) is 0 Å². The van der Waals surface area contributed by atoms with E-state index in [2.05, 4.69) is 34.1 Å². The standard InChI is InChI=1S/C18H23N3/c19-15-11-16-6-7-17(12-15)21(16)10-8-14-4-1-3-13-5-2-9-20-18(13)14/h1-5,9,15-17H,6-8,10-12,19H2. The van der Waals surface area contributed by atoms with Gasteiger partial charge in [0.05, 0.1) is 5.52 Å². The van der Waals surface area contributed by atoms with E-state index < -0.39 is 0 Å². The Bertz CT molecular complexity index is 620. The van der Waals surface area contributed by atoms with Gasteiger partial charge in [0.25, 0.3) is 0 Å². The first-order valence-electron chi connectivity index (χ1n) is 8.15. The molecule has 0 aliphatic carbocycles. The van der Waals surface area contributed by atoms with Gasteiger partial charge in [-0.05, 0) is 43.7 Å². The van der Waals surface area contributed by atoms with Crippen LogP contribution >= 0.6 is 0 Å². The molecule has 3 heterocycles. The number of aromatic nitrogens is 1. The predicted octanol–water partition coefficient (Wildman–Crippen LogP) is 2.73. The van der Waals surface area contributed by atoms with Crippen molar-refractivity contribution >= 4 is 10.9 Å². The number of rotatable bonds is 3. The number of hydrogen-bond donors (Lipinski definition) is 1. The zero-order valence-electron chi connectivity index (χ0n) is 12.4. The van der Waals surface area contributed by atoms with E-state index in [-0.39, 0.29) is 0 Å². The van der Waals surface area contributed by atoms with Gasteiger partial charge in [-0.1, -0.05) is 24.3 Å². The average Bonchev–Trinajstić information content (AvgIpc) is 2.75. The highest BCUT2D eigenvalue weighted by molar-refractivity contribution is 5.81. The number of benzene rings is 1. The van der Waals surface area contributed by atoms with Gasteiger partial charge in [-0.2, -0.15) is 0 Å². The second-order valence-electron chi connectivity index (χ2n) is 6.60. The lowest BCUT2D eigenvalue weighted by Gasteiger charge is -2.37. The summed E-state index contributed by atoms with van der Waals surface area (Å²) >= 11 is 0. The maximum atomic E-state index is 6.16. The Labute approximate surface area is 126 Å². The number of nitrogens with two attached hydrogens (primary N) is 1. The van der Waals surface area contributed by atoms with E-state index in [1.807, 2.05) is 12.3 Å². The van der Waals surface area contributed by atoms with Crippen LogP contribution in [0.1, 0.15) is 31.2 Å². The fraction of sp³-hybridized carbons (Fsp3) is 0.500. The Morgan fingerprint density at radius 1 is 1.10 bits per heavy atom. The van der Waals surface area contributed by atoms with Gasteiger partial charge in [0, 0.05) is 36.3 Å². The lowest BCUT2D eigenvalue weighted by molar-refractivity contribution is 0.129. The zero-order valence-corrected chi connectivity index (χ0v) is 12.4. The van der Waals surface area contributed by atoms with Gasteiger partial charge in [0.1, 0.15) is 0 Å². The minimum Gasteiger partial charge on any atom is -0.328 e. The topological polar surface area (TPSA) is 42.1 Å². The van der Waals surface area contributed by atoms with Crippen molar-refractivity contribution in [3.05, 3.63) is 42.1 Å². The molecular weight excluding hydrogens is 258 g/mol. The highest BCUT2D eigenvalue weighted by Crippen LogP contribution is 2.35.